The standard InChI is InChI=1S/C17H27N3O5/c1-11(21)23-17(5,6)14-18-13(19-25-14)12-7-9-20(10-8-12)15(22)24-16(2,3)4/h12H,7-10H2,1-6H3. The molecule has 0 radical (unpaired) electrons. The van der Waals surface area contributed by atoms with Gasteiger partial charge >= 0.3 is 12.1 Å². The fraction of sp³-hybridized carbons (Fsp3) is 0.765. The first-order chi connectivity index (χ1) is 11.5. The van der Waals surface area contributed by atoms with Gasteiger partial charge < -0.3 is 18.9 Å². The highest BCUT2D eigenvalue weighted by Gasteiger charge is 2.34. The molecule has 0 saturated carbocycles. The van der Waals surface area contributed by atoms with Crippen LogP contribution in [0.25, 0.3) is 0 Å². The molecule has 0 bridgehead atoms. The summed E-state index contributed by atoms with van der Waals surface area (Å²) in [4.78, 5) is 29.4. The molecule has 1 aromatic rings. The van der Waals surface area contributed by atoms with Gasteiger partial charge in [-0.3, -0.25) is 4.79 Å². The van der Waals surface area contributed by atoms with Gasteiger partial charge in [0.25, 0.3) is 5.89 Å². The SMILES string of the molecule is CC(=O)OC(C)(C)c1nc(C2CCN(C(=O)OC(C)(C)C)CC2)no1. The van der Waals surface area contributed by atoms with Crippen molar-refractivity contribution >= 4 is 12.1 Å². The van der Waals surface area contributed by atoms with Gasteiger partial charge in [-0.25, -0.2) is 4.79 Å². The van der Waals surface area contributed by atoms with E-state index in [0.29, 0.717) is 18.9 Å². The third-order valence-electron chi connectivity index (χ3n) is 3.87. The number of nitrogens with zero attached hydrogens (tertiary/aromatic N) is 3. The van der Waals surface area contributed by atoms with Crippen LogP contribution in [0.1, 0.15) is 72.0 Å². The molecule has 0 unspecified atom stereocenters. The minimum absolute atomic E-state index is 0.101. The fourth-order valence-electron chi connectivity index (χ4n) is 2.69. The number of carbonyl (C=O) groups is 2. The van der Waals surface area contributed by atoms with Crippen molar-refractivity contribution < 1.29 is 23.6 Å². The minimum atomic E-state index is -0.964. The molecule has 1 saturated heterocycles. The van der Waals surface area contributed by atoms with Gasteiger partial charge in [0, 0.05) is 25.9 Å². The Kier molecular flexibility index (Phi) is 5.39. The van der Waals surface area contributed by atoms with Crippen molar-refractivity contribution in [2.24, 2.45) is 0 Å². The van der Waals surface area contributed by atoms with Crippen LogP contribution in [0, 0.1) is 0 Å². The monoisotopic (exact) mass is 353 g/mol. The van der Waals surface area contributed by atoms with E-state index in [0.717, 1.165) is 12.8 Å². The van der Waals surface area contributed by atoms with E-state index in [1.807, 2.05) is 20.8 Å². The second-order valence-electron chi connectivity index (χ2n) is 7.80. The van der Waals surface area contributed by atoms with Crippen molar-refractivity contribution in [1.29, 1.82) is 0 Å². The number of rotatable bonds is 3. The molecule has 8 nitrogen and oxygen atoms in total. The maximum Gasteiger partial charge on any atom is 0.410 e. The Morgan fingerprint density at radius 3 is 2.24 bits per heavy atom. The Labute approximate surface area is 147 Å². The Morgan fingerprint density at radius 2 is 1.72 bits per heavy atom. The Morgan fingerprint density at radius 1 is 1.12 bits per heavy atom. The highest BCUT2D eigenvalue weighted by Crippen LogP contribution is 2.30. The molecular formula is C17H27N3O5. The molecule has 0 N–H and O–H groups in total. The first-order valence-electron chi connectivity index (χ1n) is 8.49. The minimum Gasteiger partial charge on any atom is -0.450 e. The third-order valence-corrected chi connectivity index (χ3v) is 3.87. The third kappa shape index (κ3) is 5.17. The van der Waals surface area contributed by atoms with E-state index in [4.69, 9.17) is 14.0 Å². The number of carbonyl (C=O) groups excluding carboxylic acids is 2. The number of esters is 1. The average molecular weight is 353 g/mol. The van der Waals surface area contributed by atoms with Crippen molar-refractivity contribution in [3.05, 3.63) is 11.7 Å². The van der Waals surface area contributed by atoms with Crippen LogP contribution < -0.4 is 0 Å². The summed E-state index contributed by atoms with van der Waals surface area (Å²) in [6.07, 6.45) is 1.16. The number of hydrogen-bond donors (Lipinski definition) is 0. The molecule has 1 fully saturated rings. The van der Waals surface area contributed by atoms with Crippen molar-refractivity contribution in [3.63, 3.8) is 0 Å². The first kappa shape index (κ1) is 19.2. The van der Waals surface area contributed by atoms with Gasteiger partial charge in [0.15, 0.2) is 11.4 Å². The first-order valence-corrected chi connectivity index (χ1v) is 8.49. The zero-order valence-corrected chi connectivity index (χ0v) is 15.8. The predicted octanol–water partition coefficient (Wildman–Crippen LogP) is 2.98. The molecule has 1 aliphatic rings. The maximum atomic E-state index is 12.1. The number of ether oxygens (including phenoxy) is 2. The van der Waals surface area contributed by atoms with Crippen LogP contribution in [-0.4, -0.2) is 45.8 Å². The summed E-state index contributed by atoms with van der Waals surface area (Å²) in [6, 6.07) is 0. The van der Waals surface area contributed by atoms with Gasteiger partial charge in [-0.2, -0.15) is 4.98 Å². The second-order valence-corrected chi connectivity index (χ2v) is 7.80. The molecule has 1 aromatic heterocycles. The summed E-state index contributed by atoms with van der Waals surface area (Å²) in [7, 11) is 0. The highest BCUT2D eigenvalue weighted by molar-refractivity contribution is 5.68. The highest BCUT2D eigenvalue weighted by atomic mass is 16.6. The lowest BCUT2D eigenvalue weighted by atomic mass is 9.96. The molecule has 8 heteroatoms. The van der Waals surface area contributed by atoms with E-state index in [1.165, 1.54) is 6.92 Å². The van der Waals surface area contributed by atoms with Crippen LogP contribution in [0.2, 0.25) is 0 Å². The predicted molar refractivity (Wildman–Crippen MR) is 88.9 cm³/mol. The lowest BCUT2D eigenvalue weighted by Crippen LogP contribution is -2.41. The smallest absolute Gasteiger partial charge is 0.410 e. The molecule has 0 aromatic carbocycles. The lowest BCUT2D eigenvalue weighted by molar-refractivity contribution is -0.157. The lowest BCUT2D eigenvalue weighted by Gasteiger charge is -2.32. The van der Waals surface area contributed by atoms with Crippen LogP contribution in [0.4, 0.5) is 4.79 Å². The van der Waals surface area contributed by atoms with Crippen LogP contribution in [0.5, 0.6) is 0 Å². The Hall–Kier alpha value is -2.12. The van der Waals surface area contributed by atoms with Gasteiger partial charge in [-0.15, -0.1) is 0 Å². The average Bonchev–Trinajstić information content (AvgIpc) is 2.95. The van der Waals surface area contributed by atoms with Crippen molar-refractivity contribution in [2.45, 2.75) is 71.5 Å². The zero-order valence-electron chi connectivity index (χ0n) is 15.8. The number of likely N-dealkylation sites (tertiary alicyclic amines) is 1. The molecule has 1 amide bonds. The molecular weight excluding hydrogens is 326 g/mol. The van der Waals surface area contributed by atoms with E-state index in [-0.39, 0.29) is 17.9 Å². The normalized spacial score (nSPS) is 16.6. The summed E-state index contributed by atoms with van der Waals surface area (Å²) in [6.45, 7) is 11.5. The molecule has 0 aliphatic carbocycles. The number of piperidine rings is 1. The Bertz CT molecular complexity index is 624. The van der Waals surface area contributed by atoms with E-state index < -0.39 is 17.2 Å². The largest absolute Gasteiger partial charge is 0.450 e. The summed E-state index contributed by atoms with van der Waals surface area (Å²) in [5, 5.41) is 4.03. The summed E-state index contributed by atoms with van der Waals surface area (Å²) >= 11 is 0. The second kappa shape index (κ2) is 7.01. The number of hydrogen-bond acceptors (Lipinski definition) is 7. The summed E-state index contributed by atoms with van der Waals surface area (Å²) in [5.74, 6) is 0.547. The topological polar surface area (TPSA) is 94.8 Å². The van der Waals surface area contributed by atoms with Crippen molar-refractivity contribution in [3.8, 4) is 0 Å². The summed E-state index contributed by atoms with van der Waals surface area (Å²) < 4.78 is 15.9. The molecule has 140 valence electrons. The number of amides is 1. The van der Waals surface area contributed by atoms with E-state index >= 15 is 0 Å². The fourth-order valence-corrected chi connectivity index (χ4v) is 2.69. The number of aromatic nitrogens is 2. The van der Waals surface area contributed by atoms with Crippen LogP contribution >= 0.6 is 0 Å². The quantitative estimate of drug-likeness (QED) is 0.771. The molecule has 0 atom stereocenters. The van der Waals surface area contributed by atoms with Crippen LogP contribution in [0.15, 0.2) is 4.52 Å². The van der Waals surface area contributed by atoms with Gasteiger partial charge in [-0.05, 0) is 47.5 Å². The maximum absolute atomic E-state index is 12.1. The van der Waals surface area contributed by atoms with Gasteiger partial charge in [0.2, 0.25) is 0 Å². The van der Waals surface area contributed by atoms with E-state index in [2.05, 4.69) is 10.1 Å². The molecule has 2 heterocycles. The molecule has 2 rings (SSSR count). The summed E-state index contributed by atoms with van der Waals surface area (Å²) in [5.41, 5.74) is -1.47. The van der Waals surface area contributed by atoms with Gasteiger partial charge in [-0.1, -0.05) is 5.16 Å². The van der Waals surface area contributed by atoms with E-state index in [9.17, 15) is 9.59 Å². The zero-order chi connectivity index (χ0) is 18.8. The van der Waals surface area contributed by atoms with E-state index in [1.54, 1.807) is 18.7 Å². The molecule has 1 aliphatic heterocycles. The van der Waals surface area contributed by atoms with Crippen molar-refractivity contribution in [1.82, 2.24) is 15.0 Å². The van der Waals surface area contributed by atoms with Gasteiger partial charge in [0.1, 0.15) is 5.60 Å². The molecule has 0 spiro atoms. The van der Waals surface area contributed by atoms with Crippen molar-refractivity contribution in [2.75, 3.05) is 13.1 Å². The van der Waals surface area contributed by atoms with Gasteiger partial charge in [0.05, 0.1) is 0 Å². The molecule has 25 heavy (non-hydrogen) atoms. The van der Waals surface area contributed by atoms with Crippen LogP contribution in [0.3, 0.4) is 0 Å². The Balaban J connectivity index is 1.95. The van der Waals surface area contributed by atoms with Crippen LogP contribution in [-0.2, 0) is 19.9 Å².